The molecule has 0 saturated carbocycles. The molecule has 1 saturated heterocycles. The highest BCUT2D eigenvalue weighted by atomic mass is 16.5. The number of ether oxygens (including phenoxy) is 1. The van der Waals surface area contributed by atoms with E-state index in [1.54, 1.807) is 0 Å². The number of hydrogen-bond acceptors (Lipinski definition) is 2. The van der Waals surface area contributed by atoms with E-state index in [9.17, 15) is 4.79 Å². The van der Waals surface area contributed by atoms with Gasteiger partial charge in [0.05, 0.1) is 12.2 Å². The standard InChI is InChI=1S/C20H21NO2/c1-13-11-21(12-14(2)23-13)20(22)16-7-8-19-17(10-16)9-15-5-3-4-6-18(15)19/h3-8,10,13-14H,9,11-12H2,1-2H3/t13-,14-/m1/s1. The molecule has 2 aliphatic rings. The summed E-state index contributed by atoms with van der Waals surface area (Å²) in [6.45, 7) is 5.38. The molecule has 3 heteroatoms. The molecule has 1 aliphatic carbocycles. The molecule has 0 unspecified atom stereocenters. The molecule has 1 heterocycles. The number of morpholine rings is 1. The summed E-state index contributed by atoms with van der Waals surface area (Å²) in [5.41, 5.74) is 5.96. The molecule has 0 radical (unpaired) electrons. The highest BCUT2D eigenvalue weighted by molar-refractivity contribution is 5.96. The second-order valence-corrected chi connectivity index (χ2v) is 6.67. The molecule has 1 aliphatic heterocycles. The molecule has 118 valence electrons. The fraction of sp³-hybridized carbons (Fsp3) is 0.350. The molecule has 3 nitrogen and oxygen atoms in total. The van der Waals surface area contributed by atoms with Crippen molar-refractivity contribution in [2.24, 2.45) is 0 Å². The van der Waals surface area contributed by atoms with Gasteiger partial charge in [-0.3, -0.25) is 4.79 Å². The lowest BCUT2D eigenvalue weighted by Crippen LogP contribution is -2.48. The minimum absolute atomic E-state index is 0.0985. The Hall–Kier alpha value is -2.13. The van der Waals surface area contributed by atoms with E-state index in [1.807, 2.05) is 24.8 Å². The Morgan fingerprint density at radius 3 is 2.48 bits per heavy atom. The Bertz CT molecular complexity index is 758. The van der Waals surface area contributed by atoms with E-state index in [4.69, 9.17) is 4.74 Å². The Morgan fingerprint density at radius 1 is 1.00 bits per heavy atom. The molecule has 0 N–H and O–H groups in total. The summed E-state index contributed by atoms with van der Waals surface area (Å²) < 4.78 is 5.72. The topological polar surface area (TPSA) is 29.5 Å². The third-order valence-electron chi connectivity index (χ3n) is 4.75. The van der Waals surface area contributed by atoms with Crippen LogP contribution in [0, 0.1) is 0 Å². The minimum atomic E-state index is 0.0985. The van der Waals surface area contributed by atoms with Crippen molar-refractivity contribution in [2.75, 3.05) is 13.1 Å². The lowest BCUT2D eigenvalue weighted by Gasteiger charge is -2.35. The number of hydrogen-bond donors (Lipinski definition) is 0. The summed E-state index contributed by atoms with van der Waals surface area (Å²) in [7, 11) is 0. The zero-order valence-electron chi connectivity index (χ0n) is 13.6. The number of carbonyl (C=O) groups excluding carboxylic acids is 1. The van der Waals surface area contributed by atoms with E-state index in [1.165, 1.54) is 22.3 Å². The van der Waals surface area contributed by atoms with Crippen LogP contribution in [0.4, 0.5) is 0 Å². The van der Waals surface area contributed by atoms with Crippen molar-refractivity contribution in [3.63, 3.8) is 0 Å². The van der Waals surface area contributed by atoms with Gasteiger partial charge in [-0.25, -0.2) is 0 Å². The minimum Gasteiger partial charge on any atom is -0.372 e. The number of rotatable bonds is 1. The summed E-state index contributed by atoms with van der Waals surface area (Å²) in [6, 6.07) is 14.6. The average molecular weight is 307 g/mol. The van der Waals surface area contributed by atoms with Crippen LogP contribution in [-0.2, 0) is 11.2 Å². The van der Waals surface area contributed by atoms with Crippen molar-refractivity contribution >= 4 is 5.91 Å². The maximum absolute atomic E-state index is 12.8. The van der Waals surface area contributed by atoms with Crippen LogP contribution < -0.4 is 0 Å². The van der Waals surface area contributed by atoms with E-state index in [0.717, 1.165) is 12.0 Å². The molecule has 0 bridgehead atoms. The van der Waals surface area contributed by atoms with Crippen molar-refractivity contribution in [2.45, 2.75) is 32.5 Å². The van der Waals surface area contributed by atoms with Crippen molar-refractivity contribution < 1.29 is 9.53 Å². The zero-order valence-corrected chi connectivity index (χ0v) is 13.6. The average Bonchev–Trinajstić information content (AvgIpc) is 2.90. The number of fused-ring (bicyclic) bond motifs is 3. The van der Waals surface area contributed by atoms with Crippen molar-refractivity contribution in [1.82, 2.24) is 4.90 Å². The second-order valence-electron chi connectivity index (χ2n) is 6.67. The first kappa shape index (κ1) is 14.5. The van der Waals surface area contributed by atoms with Crippen LogP contribution in [0.3, 0.4) is 0 Å². The predicted molar refractivity (Wildman–Crippen MR) is 90.6 cm³/mol. The monoisotopic (exact) mass is 307 g/mol. The van der Waals surface area contributed by atoms with E-state index >= 15 is 0 Å². The second kappa shape index (κ2) is 5.50. The van der Waals surface area contributed by atoms with Gasteiger partial charge in [0.2, 0.25) is 0 Å². The number of nitrogens with zero attached hydrogens (tertiary/aromatic N) is 1. The number of amides is 1. The molecule has 4 rings (SSSR count). The number of benzene rings is 2. The fourth-order valence-electron chi connectivity index (χ4n) is 3.80. The maximum atomic E-state index is 12.8. The molecular formula is C20H21NO2. The van der Waals surface area contributed by atoms with Crippen LogP contribution in [-0.4, -0.2) is 36.1 Å². The summed E-state index contributed by atoms with van der Waals surface area (Å²) in [5.74, 6) is 0.116. The van der Waals surface area contributed by atoms with Crippen LogP contribution in [0.25, 0.3) is 11.1 Å². The Labute approximate surface area is 136 Å². The maximum Gasteiger partial charge on any atom is 0.254 e. The Balaban J connectivity index is 1.62. The summed E-state index contributed by atoms with van der Waals surface area (Å²) in [6.07, 6.45) is 1.12. The molecule has 2 aromatic rings. The van der Waals surface area contributed by atoms with Crippen LogP contribution in [0.1, 0.15) is 35.3 Å². The lowest BCUT2D eigenvalue weighted by atomic mass is 10.0. The van der Waals surface area contributed by atoms with Gasteiger partial charge in [0.25, 0.3) is 5.91 Å². The van der Waals surface area contributed by atoms with Gasteiger partial charge < -0.3 is 9.64 Å². The van der Waals surface area contributed by atoms with E-state index in [-0.39, 0.29) is 18.1 Å². The highest BCUT2D eigenvalue weighted by Crippen LogP contribution is 2.36. The Morgan fingerprint density at radius 2 is 1.70 bits per heavy atom. The molecule has 1 fully saturated rings. The molecule has 2 aromatic carbocycles. The Kier molecular flexibility index (Phi) is 3.46. The van der Waals surface area contributed by atoms with E-state index < -0.39 is 0 Å². The fourth-order valence-corrected chi connectivity index (χ4v) is 3.80. The van der Waals surface area contributed by atoms with Gasteiger partial charge in [0.1, 0.15) is 0 Å². The molecular weight excluding hydrogens is 286 g/mol. The first-order chi connectivity index (χ1) is 11.1. The third-order valence-corrected chi connectivity index (χ3v) is 4.75. The quantitative estimate of drug-likeness (QED) is 0.688. The molecule has 2 atom stereocenters. The molecule has 0 spiro atoms. The van der Waals surface area contributed by atoms with Crippen LogP contribution in [0.15, 0.2) is 42.5 Å². The summed E-state index contributed by atoms with van der Waals surface area (Å²) >= 11 is 0. The molecule has 0 aromatic heterocycles. The van der Waals surface area contributed by atoms with Gasteiger partial charge in [-0.15, -0.1) is 0 Å². The predicted octanol–water partition coefficient (Wildman–Crippen LogP) is 3.51. The lowest BCUT2D eigenvalue weighted by molar-refractivity contribution is -0.0586. The van der Waals surface area contributed by atoms with E-state index in [2.05, 4.69) is 36.4 Å². The summed E-state index contributed by atoms with van der Waals surface area (Å²) in [5, 5.41) is 0. The van der Waals surface area contributed by atoms with Crippen molar-refractivity contribution in [3.8, 4) is 11.1 Å². The number of carbonyl (C=O) groups is 1. The first-order valence-electron chi connectivity index (χ1n) is 8.28. The van der Waals surface area contributed by atoms with Crippen LogP contribution in [0.5, 0.6) is 0 Å². The van der Waals surface area contributed by atoms with Crippen LogP contribution in [0.2, 0.25) is 0 Å². The first-order valence-corrected chi connectivity index (χ1v) is 8.28. The van der Waals surface area contributed by atoms with Gasteiger partial charge in [0, 0.05) is 18.7 Å². The van der Waals surface area contributed by atoms with Gasteiger partial charge in [-0.05, 0) is 54.7 Å². The summed E-state index contributed by atoms with van der Waals surface area (Å²) in [4.78, 5) is 14.8. The zero-order chi connectivity index (χ0) is 16.0. The van der Waals surface area contributed by atoms with Gasteiger partial charge >= 0.3 is 0 Å². The largest absolute Gasteiger partial charge is 0.372 e. The highest BCUT2D eigenvalue weighted by Gasteiger charge is 2.27. The van der Waals surface area contributed by atoms with Crippen LogP contribution >= 0.6 is 0 Å². The normalized spacial score (nSPS) is 22.6. The van der Waals surface area contributed by atoms with Crippen molar-refractivity contribution in [1.29, 1.82) is 0 Å². The third kappa shape index (κ3) is 2.55. The van der Waals surface area contributed by atoms with E-state index in [0.29, 0.717) is 13.1 Å². The molecule has 23 heavy (non-hydrogen) atoms. The molecule has 1 amide bonds. The van der Waals surface area contributed by atoms with Gasteiger partial charge in [-0.1, -0.05) is 30.3 Å². The van der Waals surface area contributed by atoms with Gasteiger partial charge in [0.15, 0.2) is 0 Å². The van der Waals surface area contributed by atoms with Gasteiger partial charge in [-0.2, -0.15) is 0 Å². The SMILES string of the molecule is C[C@@H]1CN(C(=O)c2ccc3c(c2)Cc2ccccc2-3)C[C@@H](C)O1. The van der Waals surface area contributed by atoms with Crippen molar-refractivity contribution in [3.05, 3.63) is 59.2 Å². The smallest absolute Gasteiger partial charge is 0.254 e.